The molecule has 2 heterocycles. The van der Waals surface area contributed by atoms with Gasteiger partial charge in [0, 0.05) is 17.8 Å². The van der Waals surface area contributed by atoms with Crippen molar-refractivity contribution in [3.8, 4) is 0 Å². The Labute approximate surface area is 74.0 Å². The maximum absolute atomic E-state index is 8.30. The van der Waals surface area contributed by atoms with Gasteiger partial charge >= 0.3 is 0 Å². The van der Waals surface area contributed by atoms with Crippen molar-refractivity contribution >= 4 is 11.8 Å². The molecule has 2 bridgehead atoms. The van der Waals surface area contributed by atoms with Crippen molar-refractivity contribution in [3.63, 3.8) is 0 Å². The molecular weight excluding hydrogens is 178 g/mol. The lowest BCUT2D eigenvalue weighted by molar-refractivity contribution is -0.111. The highest BCUT2D eigenvalue weighted by Gasteiger charge is 2.50. The summed E-state index contributed by atoms with van der Waals surface area (Å²) >= 11 is 1.76. The van der Waals surface area contributed by atoms with Crippen molar-refractivity contribution in [1.82, 2.24) is 0 Å². The number of fused-ring (bicyclic) bond motifs is 2. The normalized spacial score (nSPS) is 44.4. The van der Waals surface area contributed by atoms with Crippen LogP contribution in [0.2, 0.25) is 0 Å². The second-order valence-electron chi connectivity index (χ2n) is 2.77. The maximum atomic E-state index is 8.30. The van der Waals surface area contributed by atoms with Gasteiger partial charge in [-0.25, -0.2) is 0 Å². The second-order valence-corrected chi connectivity index (χ2v) is 3.98. The predicted molar refractivity (Wildman–Crippen MR) is 44.9 cm³/mol. The van der Waals surface area contributed by atoms with Crippen LogP contribution >= 0.6 is 11.8 Å². The van der Waals surface area contributed by atoms with Crippen LogP contribution < -0.4 is 0 Å². The largest absolute Gasteiger partial charge is 0.355 e. The Morgan fingerprint density at radius 3 is 3.17 bits per heavy atom. The van der Waals surface area contributed by atoms with Gasteiger partial charge in [0.1, 0.15) is 0 Å². The molecule has 2 aliphatic rings. The SMILES string of the molecule is CO[C@@H]1O[C@@H]2CS[C@H]1[C@H]2N=[N+]=[N-]. The van der Waals surface area contributed by atoms with Gasteiger partial charge < -0.3 is 9.47 Å². The number of hydrogen-bond acceptors (Lipinski definition) is 4. The van der Waals surface area contributed by atoms with Crippen LogP contribution in [0.1, 0.15) is 0 Å². The van der Waals surface area contributed by atoms with Gasteiger partial charge in [-0.05, 0) is 5.53 Å². The van der Waals surface area contributed by atoms with Crippen LogP contribution in [0, 0.1) is 0 Å². The summed E-state index contributed by atoms with van der Waals surface area (Å²) in [5.74, 6) is 0.911. The van der Waals surface area contributed by atoms with E-state index >= 15 is 0 Å². The molecule has 66 valence electrons. The Hall–Kier alpha value is -0.420. The third kappa shape index (κ3) is 1.08. The van der Waals surface area contributed by atoms with Crippen LogP contribution in [-0.2, 0) is 9.47 Å². The smallest absolute Gasteiger partial charge is 0.169 e. The van der Waals surface area contributed by atoms with E-state index in [9.17, 15) is 0 Å². The summed E-state index contributed by atoms with van der Waals surface area (Å²) in [7, 11) is 1.61. The minimum absolute atomic E-state index is 0.0371. The van der Waals surface area contributed by atoms with Crippen molar-refractivity contribution in [1.29, 1.82) is 0 Å². The highest BCUT2D eigenvalue weighted by Crippen LogP contribution is 2.42. The summed E-state index contributed by atoms with van der Waals surface area (Å²) in [6.07, 6.45) is -0.134. The Balaban J connectivity index is 2.13. The average Bonchev–Trinajstić information content (AvgIpc) is 2.63. The minimum Gasteiger partial charge on any atom is -0.355 e. The van der Waals surface area contributed by atoms with E-state index < -0.39 is 0 Å². The molecule has 12 heavy (non-hydrogen) atoms. The highest BCUT2D eigenvalue weighted by atomic mass is 32.2. The van der Waals surface area contributed by atoms with Gasteiger partial charge in [0.25, 0.3) is 0 Å². The number of thioether (sulfide) groups is 1. The molecule has 4 atom stereocenters. The summed E-state index contributed by atoms with van der Waals surface area (Å²) in [6.45, 7) is 0. The molecule has 0 aromatic rings. The van der Waals surface area contributed by atoms with Gasteiger partial charge in [-0.15, -0.1) is 0 Å². The first-order valence-corrected chi connectivity index (χ1v) is 4.75. The molecule has 0 amide bonds. The van der Waals surface area contributed by atoms with Crippen LogP contribution in [0.5, 0.6) is 0 Å². The predicted octanol–water partition coefficient (Wildman–Crippen LogP) is 1.15. The van der Waals surface area contributed by atoms with Crippen molar-refractivity contribution in [2.24, 2.45) is 5.11 Å². The molecule has 0 radical (unpaired) electrons. The van der Waals surface area contributed by atoms with Crippen LogP contribution in [0.25, 0.3) is 10.4 Å². The summed E-state index contributed by atoms with van der Waals surface area (Å²) < 4.78 is 10.6. The van der Waals surface area contributed by atoms with Gasteiger partial charge in [-0.1, -0.05) is 5.11 Å². The molecule has 0 N–H and O–H groups in total. The van der Waals surface area contributed by atoms with Gasteiger partial charge in [0.15, 0.2) is 6.29 Å². The first-order chi connectivity index (χ1) is 5.86. The number of nitrogens with zero attached hydrogens (tertiary/aromatic N) is 3. The fourth-order valence-corrected chi connectivity index (χ4v) is 3.06. The van der Waals surface area contributed by atoms with Gasteiger partial charge in [0.05, 0.1) is 17.4 Å². The molecule has 2 rings (SSSR count). The van der Waals surface area contributed by atoms with Crippen LogP contribution in [-0.4, -0.2) is 36.5 Å². The third-order valence-corrected chi connectivity index (χ3v) is 3.57. The molecule has 6 heteroatoms. The molecule has 2 saturated heterocycles. The molecule has 0 aromatic carbocycles. The summed E-state index contributed by atoms with van der Waals surface area (Å²) in [6, 6.07) is -0.0371. The van der Waals surface area contributed by atoms with E-state index in [0.717, 1.165) is 5.75 Å². The lowest BCUT2D eigenvalue weighted by Crippen LogP contribution is -2.25. The lowest BCUT2D eigenvalue weighted by atomic mass is 10.2. The van der Waals surface area contributed by atoms with Gasteiger partial charge in [0.2, 0.25) is 0 Å². The summed E-state index contributed by atoms with van der Waals surface area (Å²) in [5, 5.41) is 3.89. The Morgan fingerprint density at radius 2 is 2.58 bits per heavy atom. The zero-order valence-corrected chi connectivity index (χ0v) is 7.40. The number of ether oxygens (including phenoxy) is 2. The Bertz CT molecular complexity index is 231. The van der Waals surface area contributed by atoms with Gasteiger partial charge in [-0.3, -0.25) is 0 Å². The van der Waals surface area contributed by atoms with E-state index in [1.165, 1.54) is 0 Å². The second kappa shape index (κ2) is 3.14. The van der Waals surface area contributed by atoms with Crippen LogP contribution in [0.4, 0.5) is 0 Å². The number of azide groups is 1. The number of methoxy groups -OCH3 is 1. The quantitative estimate of drug-likeness (QED) is 0.370. The van der Waals surface area contributed by atoms with Crippen molar-refractivity contribution in [2.75, 3.05) is 12.9 Å². The fraction of sp³-hybridized carbons (Fsp3) is 1.00. The zero-order valence-electron chi connectivity index (χ0n) is 6.58. The van der Waals surface area contributed by atoms with E-state index in [0.29, 0.717) is 0 Å². The van der Waals surface area contributed by atoms with Crippen LogP contribution in [0.15, 0.2) is 5.11 Å². The molecule has 0 spiro atoms. The van der Waals surface area contributed by atoms with Crippen molar-refractivity contribution in [2.45, 2.75) is 23.7 Å². The highest BCUT2D eigenvalue weighted by molar-refractivity contribution is 8.00. The summed E-state index contributed by atoms with van der Waals surface area (Å²) in [5.41, 5.74) is 8.30. The Morgan fingerprint density at radius 1 is 1.75 bits per heavy atom. The Kier molecular flexibility index (Phi) is 2.14. The molecule has 0 unspecified atom stereocenters. The number of rotatable bonds is 2. The summed E-state index contributed by atoms with van der Waals surface area (Å²) in [4.78, 5) is 2.80. The van der Waals surface area contributed by atoms with Crippen molar-refractivity contribution in [3.05, 3.63) is 10.4 Å². The standard InChI is InChI=1S/C6H9N3O2S/c1-10-6-5-4(8-9-7)3(11-6)2-12-5/h3-6H,2H2,1H3/t3-,4+,5+,6-/m1/s1. The first kappa shape index (κ1) is 8.19. The molecule has 2 fully saturated rings. The lowest BCUT2D eigenvalue weighted by Gasteiger charge is -2.19. The third-order valence-electron chi connectivity index (χ3n) is 2.16. The average molecular weight is 187 g/mol. The molecular formula is C6H9N3O2S. The number of hydrogen-bond donors (Lipinski definition) is 0. The van der Waals surface area contributed by atoms with E-state index in [1.807, 2.05) is 0 Å². The fourth-order valence-electron chi connectivity index (χ4n) is 1.61. The zero-order chi connectivity index (χ0) is 8.55. The minimum atomic E-state index is -0.191. The monoisotopic (exact) mass is 187 g/mol. The maximum Gasteiger partial charge on any atom is 0.169 e. The van der Waals surface area contributed by atoms with Crippen LogP contribution in [0.3, 0.4) is 0 Å². The van der Waals surface area contributed by atoms with Crippen molar-refractivity contribution < 1.29 is 9.47 Å². The topological polar surface area (TPSA) is 67.2 Å². The van der Waals surface area contributed by atoms with Gasteiger partial charge in [-0.2, -0.15) is 11.8 Å². The molecule has 0 aromatic heterocycles. The molecule has 0 aliphatic carbocycles. The van der Waals surface area contributed by atoms with E-state index in [-0.39, 0.29) is 23.7 Å². The molecule has 5 nitrogen and oxygen atoms in total. The molecule has 0 saturated carbocycles. The molecule has 2 aliphatic heterocycles. The van der Waals surface area contributed by atoms with E-state index in [4.69, 9.17) is 15.0 Å². The first-order valence-electron chi connectivity index (χ1n) is 3.71. The van der Waals surface area contributed by atoms with E-state index in [2.05, 4.69) is 10.0 Å². The van der Waals surface area contributed by atoms with E-state index in [1.54, 1.807) is 18.9 Å².